The molecule has 0 aliphatic rings. The zero-order chi connectivity index (χ0) is 10.8. The second-order valence-electron chi connectivity index (χ2n) is 3.38. The highest BCUT2D eigenvalue weighted by molar-refractivity contribution is 6.34. The third-order valence-electron chi connectivity index (χ3n) is 2.27. The van der Waals surface area contributed by atoms with E-state index in [2.05, 4.69) is 9.97 Å². The van der Waals surface area contributed by atoms with Crippen LogP contribution in [0.1, 0.15) is 18.3 Å². The number of H-pyrrole nitrogens is 1. The molecule has 0 saturated heterocycles. The monoisotopic (exact) mass is 225 g/mol. The maximum absolute atomic E-state index is 8.78. The van der Waals surface area contributed by atoms with Crippen LogP contribution < -0.4 is 5.73 Å². The van der Waals surface area contributed by atoms with Crippen LogP contribution in [0.5, 0.6) is 0 Å². The summed E-state index contributed by atoms with van der Waals surface area (Å²) < 4.78 is 0. The SMILES string of the molecule is N[C@H](CCO)c1nc2c(Cl)cccc2[nH]1. The molecule has 0 radical (unpaired) electrons. The Labute approximate surface area is 92.1 Å². The summed E-state index contributed by atoms with van der Waals surface area (Å²) in [6.45, 7) is 0.0476. The quantitative estimate of drug-likeness (QED) is 0.743. The summed E-state index contributed by atoms with van der Waals surface area (Å²) in [5.74, 6) is 0.659. The molecule has 0 bridgehead atoms. The molecule has 1 aromatic heterocycles. The lowest BCUT2D eigenvalue weighted by molar-refractivity contribution is 0.275. The van der Waals surface area contributed by atoms with Gasteiger partial charge in [0.25, 0.3) is 0 Å². The molecule has 15 heavy (non-hydrogen) atoms. The highest BCUT2D eigenvalue weighted by Gasteiger charge is 2.11. The number of hydrogen-bond acceptors (Lipinski definition) is 3. The van der Waals surface area contributed by atoms with Crippen molar-refractivity contribution < 1.29 is 5.11 Å². The van der Waals surface area contributed by atoms with E-state index in [4.69, 9.17) is 22.4 Å². The van der Waals surface area contributed by atoms with Crippen LogP contribution in [-0.2, 0) is 0 Å². The molecular formula is C10H12ClN3O. The number of benzene rings is 1. The second-order valence-corrected chi connectivity index (χ2v) is 3.78. The molecule has 5 heteroatoms. The van der Waals surface area contributed by atoms with E-state index in [9.17, 15) is 0 Å². The summed E-state index contributed by atoms with van der Waals surface area (Å²) in [6, 6.07) is 5.25. The summed E-state index contributed by atoms with van der Waals surface area (Å²) in [6.07, 6.45) is 0.484. The average Bonchev–Trinajstić information content (AvgIpc) is 2.63. The number of para-hydroxylation sites is 1. The van der Waals surface area contributed by atoms with E-state index in [1.807, 2.05) is 12.1 Å². The topological polar surface area (TPSA) is 74.9 Å². The molecule has 80 valence electrons. The molecule has 0 saturated carbocycles. The first-order valence-corrected chi connectivity index (χ1v) is 5.10. The van der Waals surface area contributed by atoms with Gasteiger partial charge in [-0.25, -0.2) is 4.98 Å². The Morgan fingerprint density at radius 3 is 3.00 bits per heavy atom. The van der Waals surface area contributed by atoms with E-state index in [0.717, 1.165) is 11.0 Å². The Balaban J connectivity index is 2.43. The molecule has 0 amide bonds. The maximum atomic E-state index is 8.78. The van der Waals surface area contributed by atoms with Gasteiger partial charge in [-0.3, -0.25) is 0 Å². The number of fused-ring (bicyclic) bond motifs is 1. The first-order chi connectivity index (χ1) is 7.22. The van der Waals surface area contributed by atoms with E-state index in [1.165, 1.54) is 0 Å². The zero-order valence-corrected chi connectivity index (χ0v) is 8.83. The summed E-state index contributed by atoms with van der Waals surface area (Å²) in [5.41, 5.74) is 7.41. The maximum Gasteiger partial charge on any atom is 0.124 e. The van der Waals surface area contributed by atoms with Gasteiger partial charge in [-0.05, 0) is 18.6 Å². The van der Waals surface area contributed by atoms with Crippen molar-refractivity contribution >= 4 is 22.6 Å². The molecule has 1 heterocycles. The summed E-state index contributed by atoms with van der Waals surface area (Å²) >= 11 is 5.98. The van der Waals surface area contributed by atoms with Crippen molar-refractivity contribution in [3.8, 4) is 0 Å². The van der Waals surface area contributed by atoms with Crippen LogP contribution in [0.4, 0.5) is 0 Å². The van der Waals surface area contributed by atoms with E-state index < -0.39 is 0 Å². The van der Waals surface area contributed by atoms with Gasteiger partial charge in [-0.1, -0.05) is 17.7 Å². The largest absolute Gasteiger partial charge is 0.396 e. The lowest BCUT2D eigenvalue weighted by Crippen LogP contribution is -2.13. The zero-order valence-electron chi connectivity index (χ0n) is 8.07. The predicted molar refractivity (Wildman–Crippen MR) is 59.7 cm³/mol. The lowest BCUT2D eigenvalue weighted by atomic mass is 10.2. The highest BCUT2D eigenvalue weighted by atomic mass is 35.5. The van der Waals surface area contributed by atoms with Crippen LogP contribution in [0.3, 0.4) is 0 Å². The smallest absolute Gasteiger partial charge is 0.124 e. The van der Waals surface area contributed by atoms with E-state index in [1.54, 1.807) is 6.07 Å². The Bertz CT molecular complexity index is 469. The number of aromatic nitrogens is 2. The van der Waals surface area contributed by atoms with Crippen molar-refractivity contribution in [3.05, 3.63) is 29.0 Å². The van der Waals surface area contributed by atoms with Crippen LogP contribution >= 0.6 is 11.6 Å². The van der Waals surface area contributed by atoms with Crippen LogP contribution in [0.25, 0.3) is 11.0 Å². The van der Waals surface area contributed by atoms with Gasteiger partial charge < -0.3 is 15.8 Å². The molecule has 4 N–H and O–H groups in total. The minimum Gasteiger partial charge on any atom is -0.396 e. The Morgan fingerprint density at radius 2 is 2.33 bits per heavy atom. The van der Waals surface area contributed by atoms with Gasteiger partial charge in [-0.2, -0.15) is 0 Å². The molecule has 1 atom stereocenters. The number of halogens is 1. The number of nitrogens with zero attached hydrogens (tertiary/aromatic N) is 1. The number of aromatic amines is 1. The van der Waals surface area contributed by atoms with Crippen molar-refractivity contribution in [2.45, 2.75) is 12.5 Å². The molecular weight excluding hydrogens is 214 g/mol. The van der Waals surface area contributed by atoms with Gasteiger partial charge in [0.05, 0.1) is 16.6 Å². The molecule has 0 aliphatic carbocycles. The number of nitrogens with two attached hydrogens (primary N) is 1. The van der Waals surface area contributed by atoms with Crippen molar-refractivity contribution in [2.24, 2.45) is 5.73 Å². The molecule has 0 spiro atoms. The average molecular weight is 226 g/mol. The minimum atomic E-state index is -0.279. The van der Waals surface area contributed by atoms with Gasteiger partial charge in [0, 0.05) is 6.61 Å². The van der Waals surface area contributed by atoms with Gasteiger partial charge in [0.15, 0.2) is 0 Å². The van der Waals surface area contributed by atoms with Crippen LogP contribution in [0.2, 0.25) is 5.02 Å². The minimum absolute atomic E-state index is 0.0476. The first-order valence-electron chi connectivity index (χ1n) is 4.73. The molecule has 4 nitrogen and oxygen atoms in total. The number of hydrogen-bond donors (Lipinski definition) is 3. The number of aliphatic hydroxyl groups is 1. The molecule has 0 unspecified atom stereocenters. The lowest BCUT2D eigenvalue weighted by Gasteiger charge is -2.04. The molecule has 2 aromatic rings. The Morgan fingerprint density at radius 1 is 1.53 bits per heavy atom. The fourth-order valence-corrected chi connectivity index (χ4v) is 1.68. The Kier molecular flexibility index (Phi) is 2.90. The van der Waals surface area contributed by atoms with Crippen LogP contribution in [-0.4, -0.2) is 21.7 Å². The fourth-order valence-electron chi connectivity index (χ4n) is 1.47. The van der Waals surface area contributed by atoms with E-state index in [0.29, 0.717) is 17.3 Å². The van der Waals surface area contributed by atoms with Gasteiger partial charge in [0.1, 0.15) is 11.3 Å². The molecule has 0 fully saturated rings. The highest BCUT2D eigenvalue weighted by Crippen LogP contribution is 2.23. The van der Waals surface area contributed by atoms with Gasteiger partial charge in [-0.15, -0.1) is 0 Å². The fraction of sp³-hybridized carbons (Fsp3) is 0.300. The number of nitrogens with one attached hydrogen (secondary N) is 1. The van der Waals surface area contributed by atoms with Crippen molar-refractivity contribution in [1.29, 1.82) is 0 Å². The molecule has 1 aromatic carbocycles. The van der Waals surface area contributed by atoms with Crippen LogP contribution in [0.15, 0.2) is 18.2 Å². The third-order valence-corrected chi connectivity index (χ3v) is 2.58. The number of aliphatic hydroxyl groups excluding tert-OH is 1. The van der Waals surface area contributed by atoms with Crippen LogP contribution in [0, 0.1) is 0 Å². The molecule has 2 rings (SSSR count). The Hall–Kier alpha value is -1.10. The third kappa shape index (κ3) is 1.97. The normalized spacial score (nSPS) is 13.3. The van der Waals surface area contributed by atoms with E-state index in [-0.39, 0.29) is 12.6 Å². The first kappa shape index (κ1) is 10.4. The van der Waals surface area contributed by atoms with E-state index >= 15 is 0 Å². The molecule has 0 aliphatic heterocycles. The number of rotatable bonds is 3. The number of imidazole rings is 1. The van der Waals surface area contributed by atoms with Crippen molar-refractivity contribution in [3.63, 3.8) is 0 Å². The summed E-state index contributed by atoms with van der Waals surface area (Å²) in [7, 11) is 0. The predicted octanol–water partition coefficient (Wildman–Crippen LogP) is 1.60. The summed E-state index contributed by atoms with van der Waals surface area (Å²) in [5, 5.41) is 9.38. The standard InChI is InChI=1S/C10H12ClN3O/c11-6-2-1-3-8-9(6)14-10(13-8)7(12)4-5-15/h1-3,7,15H,4-5,12H2,(H,13,14)/t7-/m1/s1. The summed E-state index contributed by atoms with van der Waals surface area (Å²) in [4.78, 5) is 7.40. The van der Waals surface area contributed by atoms with Gasteiger partial charge >= 0.3 is 0 Å². The second kappa shape index (κ2) is 4.18. The van der Waals surface area contributed by atoms with Gasteiger partial charge in [0.2, 0.25) is 0 Å². The van der Waals surface area contributed by atoms with Crippen molar-refractivity contribution in [2.75, 3.05) is 6.61 Å². The van der Waals surface area contributed by atoms with Crippen molar-refractivity contribution in [1.82, 2.24) is 9.97 Å².